The van der Waals surface area contributed by atoms with E-state index in [4.69, 9.17) is 4.74 Å². The molecular formula is C16H23NO. The number of hydrogen-bond donors (Lipinski definition) is 1. The second-order valence-corrected chi connectivity index (χ2v) is 5.70. The SMILES string of the molecule is CCCNC(CC1CC1)C1COc2ccccc21. The quantitative estimate of drug-likeness (QED) is 0.830. The average Bonchev–Trinajstić information content (AvgIpc) is 3.12. The van der Waals surface area contributed by atoms with E-state index in [2.05, 4.69) is 36.5 Å². The number of ether oxygens (including phenoxy) is 1. The predicted octanol–water partition coefficient (Wildman–Crippen LogP) is 3.33. The van der Waals surface area contributed by atoms with Gasteiger partial charge in [0.2, 0.25) is 0 Å². The van der Waals surface area contributed by atoms with Crippen molar-refractivity contribution in [1.82, 2.24) is 5.32 Å². The summed E-state index contributed by atoms with van der Waals surface area (Å²) >= 11 is 0. The van der Waals surface area contributed by atoms with Crippen LogP contribution in [0.3, 0.4) is 0 Å². The Hall–Kier alpha value is -1.02. The van der Waals surface area contributed by atoms with Crippen molar-refractivity contribution in [2.24, 2.45) is 5.92 Å². The number of rotatable bonds is 6. The Kier molecular flexibility index (Phi) is 3.55. The maximum absolute atomic E-state index is 5.83. The average molecular weight is 245 g/mol. The number of para-hydroxylation sites is 1. The lowest BCUT2D eigenvalue weighted by Gasteiger charge is -2.24. The standard InChI is InChI=1S/C16H23NO/c1-2-9-17-15(10-12-7-8-12)14-11-18-16-6-4-3-5-13(14)16/h3-6,12,14-15,17H,2,7-11H2,1H3. The first-order valence-electron chi connectivity index (χ1n) is 7.33. The summed E-state index contributed by atoms with van der Waals surface area (Å²) < 4.78 is 5.83. The Balaban J connectivity index is 1.73. The first-order chi connectivity index (χ1) is 8.88. The van der Waals surface area contributed by atoms with Gasteiger partial charge in [-0.3, -0.25) is 0 Å². The molecule has 1 saturated carbocycles. The van der Waals surface area contributed by atoms with Crippen LogP contribution in [0.2, 0.25) is 0 Å². The summed E-state index contributed by atoms with van der Waals surface area (Å²) in [6.45, 7) is 4.21. The van der Waals surface area contributed by atoms with Crippen LogP contribution in [0.4, 0.5) is 0 Å². The lowest BCUT2D eigenvalue weighted by Crippen LogP contribution is -2.36. The normalized spacial score (nSPS) is 23.5. The third kappa shape index (κ3) is 2.54. The number of benzene rings is 1. The molecule has 0 amide bonds. The van der Waals surface area contributed by atoms with E-state index in [9.17, 15) is 0 Å². The maximum atomic E-state index is 5.83. The van der Waals surface area contributed by atoms with E-state index in [1.165, 1.54) is 31.2 Å². The van der Waals surface area contributed by atoms with Crippen molar-refractivity contribution < 1.29 is 4.74 Å². The van der Waals surface area contributed by atoms with Crippen LogP contribution < -0.4 is 10.1 Å². The first-order valence-corrected chi connectivity index (χ1v) is 7.33. The molecule has 1 N–H and O–H groups in total. The van der Waals surface area contributed by atoms with Crippen LogP contribution in [-0.2, 0) is 0 Å². The second kappa shape index (κ2) is 5.31. The molecule has 18 heavy (non-hydrogen) atoms. The molecule has 2 nitrogen and oxygen atoms in total. The molecule has 1 heterocycles. The summed E-state index contributed by atoms with van der Waals surface area (Å²) in [5, 5.41) is 3.74. The molecule has 2 aliphatic rings. The highest BCUT2D eigenvalue weighted by Crippen LogP contribution is 2.41. The summed E-state index contributed by atoms with van der Waals surface area (Å²) in [5.74, 6) is 2.61. The van der Waals surface area contributed by atoms with Crippen LogP contribution in [-0.4, -0.2) is 19.2 Å². The van der Waals surface area contributed by atoms with Gasteiger partial charge in [-0.05, 0) is 31.4 Å². The van der Waals surface area contributed by atoms with Gasteiger partial charge in [0.1, 0.15) is 5.75 Å². The molecule has 1 aromatic rings. The smallest absolute Gasteiger partial charge is 0.122 e. The number of fused-ring (bicyclic) bond motifs is 1. The molecule has 2 unspecified atom stereocenters. The van der Waals surface area contributed by atoms with Crippen molar-refractivity contribution in [2.75, 3.05) is 13.2 Å². The van der Waals surface area contributed by atoms with Gasteiger partial charge in [-0.1, -0.05) is 38.0 Å². The zero-order valence-corrected chi connectivity index (χ0v) is 11.2. The van der Waals surface area contributed by atoms with E-state index in [0.717, 1.165) is 24.8 Å². The van der Waals surface area contributed by atoms with Crippen molar-refractivity contribution in [3.8, 4) is 5.75 Å². The van der Waals surface area contributed by atoms with Crippen LogP contribution >= 0.6 is 0 Å². The van der Waals surface area contributed by atoms with Gasteiger partial charge in [0.25, 0.3) is 0 Å². The molecule has 0 spiro atoms. The molecule has 1 aliphatic heterocycles. The first kappa shape index (κ1) is 12.0. The minimum absolute atomic E-state index is 0.549. The fourth-order valence-corrected chi connectivity index (χ4v) is 2.95. The Bertz CT molecular complexity index is 400. The van der Waals surface area contributed by atoms with Crippen molar-refractivity contribution in [3.05, 3.63) is 29.8 Å². The van der Waals surface area contributed by atoms with Gasteiger partial charge in [-0.2, -0.15) is 0 Å². The Morgan fingerprint density at radius 3 is 2.94 bits per heavy atom. The molecule has 0 radical (unpaired) electrons. The summed E-state index contributed by atoms with van der Waals surface area (Å²) in [4.78, 5) is 0. The van der Waals surface area contributed by atoms with Gasteiger partial charge in [0.15, 0.2) is 0 Å². The highest BCUT2D eigenvalue weighted by atomic mass is 16.5. The van der Waals surface area contributed by atoms with E-state index >= 15 is 0 Å². The zero-order valence-electron chi connectivity index (χ0n) is 11.2. The van der Waals surface area contributed by atoms with Crippen molar-refractivity contribution in [2.45, 2.75) is 44.6 Å². The third-order valence-corrected chi connectivity index (χ3v) is 4.16. The van der Waals surface area contributed by atoms with Crippen LogP contribution in [0.15, 0.2) is 24.3 Å². The van der Waals surface area contributed by atoms with Crippen molar-refractivity contribution >= 4 is 0 Å². The number of nitrogens with one attached hydrogen (secondary N) is 1. The summed E-state index contributed by atoms with van der Waals surface area (Å²) in [6.07, 6.45) is 5.39. The van der Waals surface area contributed by atoms with Crippen LogP contribution in [0, 0.1) is 5.92 Å². The summed E-state index contributed by atoms with van der Waals surface area (Å²) in [5.41, 5.74) is 1.41. The Morgan fingerprint density at radius 1 is 1.33 bits per heavy atom. The molecule has 0 bridgehead atoms. The van der Waals surface area contributed by atoms with Gasteiger partial charge in [0, 0.05) is 17.5 Å². The lowest BCUT2D eigenvalue weighted by molar-refractivity contribution is 0.287. The molecule has 2 heteroatoms. The molecule has 0 saturated heterocycles. The zero-order chi connectivity index (χ0) is 12.4. The second-order valence-electron chi connectivity index (χ2n) is 5.70. The minimum atomic E-state index is 0.549. The number of hydrogen-bond acceptors (Lipinski definition) is 2. The van der Waals surface area contributed by atoms with E-state index < -0.39 is 0 Å². The Labute approximate surface area is 110 Å². The van der Waals surface area contributed by atoms with Gasteiger partial charge < -0.3 is 10.1 Å². The fraction of sp³-hybridized carbons (Fsp3) is 0.625. The van der Waals surface area contributed by atoms with E-state index in [1.54, 1.807) is 0 Å². The molecule has 1 fully saturated rings. The minimum Gasteiger partial charge on any atom is -0.493 e. The van der Waals surface area contributed by atoms with Crippen LogP contribution in [0.5, 0.6) is 5.75 Å². The molecule has 1 aromatic carbocycles. The molecule has 2 atom stereocenters. The lowest BCUT2D eigenvalue weighted by atomic mass is 9.90. The predicted molar refractivity (Wildman–Crippen MR) is 74.1 cm³/mol. The summed E-state index contributed by atoms with van der Waals surface area (Å²) in [7, 11) is 0. The fourth-order valence-electron chi connectivity index (χ4n) is 2.95. The highest BCUT2D eigenvalue weighted by Gasteiger charge is 2.34. The third-order valence-electron chi connectivity index (χ3n) is 4.16. The summed E-state index contributed by atoms with van der Waals surface area (Å²) in [6, 6.07) is 9.13. The van der Waals surface area contributed by atoms with Gasteiger partial charge in [-0.25, -0.2) is 0 Å². The highest BCUT2D eigenvalue weighted by molar-refractivity contribution is 5.40. The molecule has 98 valence electrons. The largest absolute Gasteiger partial charge is 0.493 e. The van der Waals surface area contributed by atoms with Gasteiger partial charge in [-0.15, -0.1) is 0 Å². The van der Waals surface area contributed by atoms with Crippen molar-refractivity contribution in [3.63, 3.8) is 0 Å². The molecule has 3 rings (SSSR count). The van der Waals surface area contributed by atoms with Gasteiger partial charge >= 0.3 is 0 Å². The van der Waals surface area contributed by atoms with E-state index in [1.807, 2.05) is 0 Å². The maximum Gasteiger partial charge on any atom is 0.122 e. The Morgan fingerprint density at radius 2 is 2.17 bits per heavy atom. The van der Waals surface area contributed by atoms with E-state index in [-0.39, 0.29) is 0 Å². The van der Waals surface area contributed by atoms with Gasteiger partial charge in [0.05, 0.1) is 6.61 Å². The topological polar surface area (TPSA) is 21.3 Å². The monoisotopic (exact) mass is 245 g/mol. The molecular weight excluding hydrogens is 222 g/mol. The molecule has 1 aliphatic carbocycles. The van der Waals surface area contributed by atoms with Crippen molar-refractivity contribution in [1.29, 1.82) is 0 Å². The van der Waals surface area contributed by atoms with Crippen LogP contribution in [0.25, 0.3) is 0 Å². The van der Waals surface area contributed by atoms with E-state index in [0.29, 0.717) is 12.0 Å². The van der Waals surface area contributed by atoms with Crippen LogP contribution in [0.1, 0.15) is 44.1 Å². The molecule has 0 aromatic heterocycles.